The van der Waals surface area contributed by atoms with Crippen LogP contribution in [0.1, 0.15) is 5.82 Å². The Labute approximate surface area is 107 Å². The summed E-state index contributed by atoms with van der Waals surface area (Å²) in [6.45, 7) is 0.395. The number of nitrogen functional groups attached to an aromatic ring is 1. The van der Waals surface area contributed by atoms with Crippen molar-refractivity contribution in [1.29, 1.82) is 0 Å². The number of nitrogens with zero attached hydrogens (tertiary/aromatic N) is 4. The fraction of sp³-hybridized carbons (Fsp3) is 0.182. The summed E-state index contributed by atoms with van der Waals surface area (Å²) in [5.41, 5.74) is 7.42. The Morgan fingerprint density at radius 3 is 2.78 bits per heavy atom. The number of methoxy groups -OCH3 is 1. The van der Waals surface area contributed by atoms with Crippen LogP contribution in [-0.2, 0) is 11.3 Å². The summed E-state index contributed by atoms with van der Waals surface area (Å²) in [6.07, 6.45) is 0. The second-order valence-electron chi connectivity index (χ2n) is 3.77. The van der Waals surface area contributed by atoms with Crippen LogP contribution in [0.25, 0.3) is 15.5 Å². The molecule has 2 N–H and O–H groups in total. The van der Waals surface area contributed by atoms with Crippen molar-refractivity contribution in [3.8, 4) is 10.6 Å². The molecule has 0 spiro atoms. The SMILES string of the molecule is COCc1nnc2sc(-c3ccc(N)cc3)nn12. The molecule has 0 aliphatic rings. The maximum Gasteiger partial charge on any atom is 0.235 e. The van der Waals surface area contributed by atoms with Gasteiger partial charge in [-0.3, -0.25) is 0 Å². The zero-order valence-electron chi connectivity index (χ0n) is 9.70. The molecular weight excluding hydrogens is 250 g/mol. The molecule has 0 aliphatic carbocycles. The van der Waals surface area contributed by atoms with Crippen molar-refractivity contribution in [1.82, 2.24) is 19.8 Å². The van der Waals surface area contributed by atoms with E-state index in [1.165, 1.54) is 11.3 Å². The Morgan fingerprint density at radius 1 is 1.28 bits per heavy atom. The Kier molecular flexibility index (Phi) is 2.69. The van der Waals surface area contributed by atoms with Crippen molar-refractivity contribution in [3.63, 3.8) is 0 Å². The van der Waals surface area contributed by atoms with Gasteiger partial charge < -0.3 is 10.5 Å². The molecule has 0 saturated carbocycles. The topological polar surface area (TPSA) is 78.3 Å². The van der Waals surface area contributed by atoms with E-state index in [1.807, 2.05) is 24.3 Å². The van der Waals surface area contributed by atoms with E-state index in [1.54, 1.807) is 11.6 Å². The third-order valence-corrected chi connectivity index (χ3v) is 3.43. The lowest BCUT2D eigenvalue weighted by molar-refractivity contribution is 0.176. The molecule has 0 radical (unpaired) electrons. The van der Waals surface area contributed by atoms with Crippen LogP contribution in [0.2, 0.25) is 0 Å². The Balaban J connectivity index is 2.05. The first-order chi connectivity index (χ1) is 8.78. The highest BCUT2D eigenvalue weighted by atomic mass is 32.1. The largest absolute Gasteiger partial charge is 0.399 e. The number of hydrogen-bond donors (Lipinski definition) is 1. The fourth-order valence-corrected chi connectivity index (χ4v) is 2.48. The van der Waals surface area contributed by atoms with Gasteiger partial charge in [0.25, 0.3) is 0 Å². The maximum atomic E-state index is 5.66. The standard InChI is InChI=1S/C11H11N5OS/c1-17-6-9-13-14-11-16(9)15-10(18-11)7-2-4-8(12)5-3-7/h2-5H,6,12H2,1H3. The van der Waals surface area contributed by atoms with Crippen molar-refractivity contribution < 1.29 is 4.74 Å². The second kappa shape index (κ2) is 4.35. The number of aromatic nitrogens is 4. The number of nitrogens with two attached hydrogens (primary N) is 1. The Bertz CT molecular complexity index is 672. The number of hydrogen-bond acceptors (Lipinski definition) is 6. The highest BCUT2D eigenvalue weighted by Gasteiger charge is 2.12. The molecule has 18 heavy (non-hydrogen) atoms. The number of fused-ring (bicyclic) bond motifs is 1. The minimum Gasteiger partial charge on any atom is -0.399 e. The summed E-state index contributed by atoms with van der Waals surface area (Å²) in [7, 11) is 1.62. The van der Waals surface area contributed by atoms with Gasteiger partial charge in [-0.15, -0.1) is 10.2 Å². The van der Waals surface area contributed by atoms with Crippen molar-refractivity contribution in [2.24, 2.45) is 0 Å². The zero-order valence-corrected chi connectivity index (χ0v) is 10.5. The van der Waals surface area contributed by atoms with Gasteiger partial charge in [-0.2, -0.15) is 9.61 Å². The minimum absolute atomic E-state index is 0.395. The van der Waals surface area contributed by atoms with Crippen LogP contribution >= 0.6 is 11.3 Å². The van der Waals surface area contributed by atoms with E-state index in [4.69, 9.17) is 10.5 Å². The highest BCUT2D eigenvalue weighted by molar-refractivity contribution is 7.19. The molecule has 0 atom stereocenters. The van der Waals surface area contributed by atoms with Crippen LogP contribution in [0.5, 0.6) is 0 Å². The zero-order chi connectivity index (χ0) is 12.5. The summed E-state index contributed by atoms with van der Waals surface area (Å²) >= 11 is 1.48. The maximum absolute atomic E-state index is 5.66. The van der Waals surface area contributed by atoms with Crippen LogP contribution in [0.4, 0.5) is 5.69 Å². The summed E-state index contributed by atoms with van der Waals surface area (Å²) < 4.78 is 6.76. The van der Waals surface area contributed by atoms with E-state index >= 15 is 0 Å². The van der Waals surface area contributed by atoms with Gasteiger partial charge in [0, 0.05) is 18.4 Å². The first-order valence-electron chi connectivity index (χ1n) is 5.34. The van der Waals surface area contributed by atoms with Gasteiger partial charge in [0.2, 0.25) is 4.96 Å². The molecule has 0 unspecified atom stereocenters. The molecule has 2 heterocycles. The quantitative estimate of drug-likeness (QED) is 0.724. The highest BCUT2D eigenvalue weighted by Crippen LogP contribution is 2.26. The fourth-order valence-electron chi connectivity index (χ4n) is 1.62. The van der Waals surface area contributed by atoms with E-state index in [9.17, 15) is 0 Å². The third-order valence-electron chi connectivity index (χ3n) is 2.49. The molecule has 0 amide bonds. The monoisotopic (exact) mass is 261 g/mol. The predicted molar refractivity (Wildman–Crippen MR) is 69.2 cm³/mol. The van der Waals surface area contributed by atoms with E-state index < -0.39 is 0 Å². The average molecular weight is 261 g/mol. The van der Waals surface area contributed by atoms with Crippen LogP contribution in [-0.4, -0.2) is 26.9 Å². The lowest BCUT2D eigenvalue weighted by Gasteiger charge is -1.96. The Hall–Kier alpha value is -1.99. The number of anilines is 1. The summed E-state index contributed by atoms with van der Waals surface area (Å²) in [6, 6.07) is 7.59. The molecule has 1 aromatic carbocycles. The van der Waals surface area contributed by atoms with Gasteiger partial charge in [-0.05, 0) is 24.3 Å². The van der Waals surface area contributed by atoms with Crippen molar-refractivity contribution in [3.05, 3.63) is 30.1 Å². The molecule has 6 nitrogen and oxygen atoms in total. The molecule has 3 aromatic rings. The lowest BCUT2D eigenvalue weighted by atomic mass is 10.2. The van der Waals surface area contributed by atoms with Gasteiger partial charge in [0.15, 0.2) is 5.82 Å². The number of ether oxygens (including phenoxy) is 1. The molecule has 3 rings (SSSR count). The first kappa shape index (κ1) is 11.1. The molecule has 7 heteroatoms. The van der Waals surface area contributed by atoms with Gasteiger partial charge in [0.1, 0.15) is 11.6 Å². The van der Waals surface area contributed by atoms with Crippen LogP contribution in [0.15, 0.2) is 24.3 Å². The molecule has 0 saturated heterocycles. The van der Waals surface area contributed by atoms with Crippen LogP contribution < -0.4 is 5.73 Å². The number of benzene rings is 1. The molecule has 92 valence electrons. The van der Waals surface area contributed by atoms with E-state index in [2.05, 4.69) is 15.3 Å². The second-order valence-corrected chi connectivity index (χ2v) is 4.73. The Morgan fingerprint density at radius 2 is 2.06 bits per heavy atom. The normalized spacial score (nSPS) is 11.2. The predicted octanol–water partition coefficient (Wildman–Crippen LogP) is 1.58. The average Bonchev–Trinajstić information content (AvgIpc) is 2.93. The smallest absolute Gasteiger partial charge is 0.235 e. The first-order valence-corrected chi connectivity index (χ1v) is 6.15. The summed E-state index contributed by atoms with van der Waals surface area (Å²) in [5.74, 6) is 0.699. The van der Waals surface area contributed by atoms with Gasteiger partial charge in [-0.25, -0.2) is 0 Å². The van der Waals surface area contributed by atoms with Crippen LogP contribution in [0.3, 0.4) is 0 Å². The van der Waals surface area contributed by atoms with Gasteiger partial charge >= 0.3 is 0 Å². The molecule has 2 aromatic heterocycles. The summed E-state index contributed by atoms with van der Waals surface area (Å²) in [4.78, 5) is 0.758. The van der Waals surface area contributed by atoms with E-state index in [-0.39, 0.29) is 0 Å². The molecule has 0 bridgehead atoms. The van der Waals surface area contributed by atoms with Crippen molar-refractivity contribution in [2.75, 3.05) is 12.8 Å². The van der Waals surface area contributed by atoms with Crippen molar-refractivity contribution in [2.45, 2.75) is 6.61 Å². The third kappa shape index (κ3) is 1.83. The van der Waals surface area contributed by atoms with E-state index in [0.717, 1.165) is 21.2 Å². The van der Waals surface area contributed by atoms with E-state index in [0.29, 0.717) is 12.4 Å². The lowest BCUT2D eigenvalue weighted by Crippen LogP contribution is -1.97. The van der Waals surface area contributed by atoms with Crippen molar-refractivity contribution >= 4 is 22.0 Å². The van der Waals surface area contributed by atoms with Gasteiger partial charge in [-0.1, -0.05) is 11.3 Å². The number of rotatable bonds is 3. The van der Waals surface area contributed by atoms with Crippen LogP contribution in [0, 0.1) is 0 Å². The van der Waals surface area contributed by atoms with Gasteiger partial charge in [0.05, 0.1) is 0 Å². The molecule has 0 aliphatic heterocycles. The summed E-state index contributed by atoms with van der Waals surface area (Å²) in [5, 5.41) is 13.4. The minimum atomic E-state index is 0.395. The molecule has 0 fully saturated rings. The molecular formula is C11H11N5OS.